The first-order valence-electron chi connectivity index (χ1n) is 9.37. The fourth-order valence-corrected chi connectivity index (χ4v) is 5.71. The first-order valence-corrected chi connectivity index (χ1v) is 11.6. The third-order valence-electron chi connectivity index (χ3n) is 5.39. The Balaban J connectivity index is 1.53. The summed E-state index contributed by atoms with van der Waals surface area (Å²) in [6.45, 7) is 0.431. The van der Waals surface area contributed by atoms with Crippen molar-refractivity contribution in [3.63, 3.8) is 0 Å². The molecule has 0 bridgehead atoms. The largest absolute Gasteiger partial charge is 0.444 e. The van der Waals surface area contributed by atoms with E-state index in [1.165, 1.54) is 16.4 Å². The molecule has 164 valence electrons. The Hall–Kier alpha value is -2.40. The molecule has 0 unspecified atom stereocenters. The summed E-state index contributed by atoms with van der Waals surface area (Å²) >= 11 is 11.8. The smallest absolute Gasteiger partial charge is 0.414 e. The number of cyclic esters (lactones) is 1. The average Bonchev–Trinajstić information content (AvgIpc) is 2.74. The quantitative estimate of drug-likeness (QED) is 0.473. The molecule has 0 radical (unpaired) electrons. The molecule has 0 spiro atoms. The molecule has 2 aromatic rings. The van der Waals surface area contributed by atoms with Gasteiger partial charge in [-0.2, -0.15) is 4.31 Å². The van der Waals surface area contributed by atoms with Gasteiger partial charge in [-0.3, -0.25) is 15.0 Å². The molecular weight excluding hydrogens is 469 g/mol. The second kappa shape index (κ2) is 8.27. The van der Waals surface area contributed by atoms with Gasteiger partial charge in [0.05, 0.1) is 15.5 Å². The van der Waals surface area contributed by atoms with E-state index in [9.17, 15) is 23.3 Å². The van der Waals surface area contributed by atoms with E-state index in [2.05, 4.69) is 0 Å². The Bertz CT molecular complexity index is 1170. The van der Waals surface area contributed by atoms with Crippen LogP contribution in [0, 0.1) is 10.1 Å². The Kier molecular flexibility index (Phi) is 5.82. The molecule has 0 saturated carbocycles. The van der Waals surface area contributed by atoms with Gasteiger partial charge in [-0.15, -0.1) is 0 Å². The number of carbonyl (C=O) groups is 1. The van der Waals surface area contributed by atoms with Gasteiger partial charge in [-0.25, -0.2) is 13.2 Å². The molecule has 0 N–H and O–H groups in total. The van der Waals surface area contributed by atoms with Gasteiger partial charge in [0.15, 0.2) is 0 Å². The Labute approximate surface area is 188 Å². The highest BCUT2D eigenvalue weighted by Crippen LogP contribution is 2.35. The van der Waals surface area contributed by atoms with E-state index in [4.69, 9.17) is 27.9 Å². The summed E-state index contributed by atoms with van der Waals surface area (Å²) in [5, 5.41) is 11.5. The van der Waals surface area contributed by atoms with Crippen LogP contribution in [0.25, 0.3) is 0 Å². The number of piperidine rings is 1. The molecule has 2 aliphatic heterocycles. The molecule has 4 rings (SSSR count). The summed E-state index contributed by atoms with van der Waals surface area (Å²) in [6.07, 6.45) is 0.280. The number of amides is 1. The van der Waals surface area contributed by atoms with Crippen LogP contribution in [-0.4, -0.2) is 42.9 Å². The van der Waals surface area contributed by atoms with Crippen molar-refractivity contribution in [1.29, 1.82) is 0 Å². The Morgan fingerprint density at radius 2 is 1.81 bits per heavy atom. The average molecular weight is 486 g/mol. The topological polar surface area (TPSA) is 110 Å². The number of nitrogens with zero attached hydrogens (tertiary/aromatic N) is 3. The number of nitro benzene ring substituents is 1. The van der Waals surface area contributed by atoms with Gasteiger partial charge < -0.3 is 4.74 Å². The first kappa shape index (κ1) is 21.8. The maximum absolute atomic E-state index is 13.0. The minimum Gasteiger partial charge on any atom is -0.444 e. The fourth-order valence-electron chi connectivity index (χ4n) is 3.84. The van der Waals surface area contributed by atoms with Crippen LogP contribution in [0.5, 0.6) is 0 Å². The van der Waals surface area contributed by atoms with Crippen molar-refractivity contribution >= 4 is 50.7 Å². The van der Waals surface area contributed by atoms with Crippen molar-refractivity contribution < 1.29 is 22.9 Å². The normalized spacial score (nSPS) is 17.9. The third-order valence-corrected chi connectivity index (χ3v) is 7.84. The van der Waals surface area contributed by atoms with Gasteiger partial charge >= 0.3 is 6.09 Å². The van der Waals surface area contributed by atoms with Crippen molar-refractivity contribution in [3.05, 3.63) is 62.1 Å². The van der Waals surface area contributed by atoms with Crippen LogP contribution >= 0.6 is 23.2 Å². The number of fused-ring (bicyclic) bond motifs is 1. The van der Waals surface area contributed by atoms with E-state index < -0.39 is 26.7 Å². The lowest BCUT2D eigenvalue weighted by atomic mass is 10.0. The summed E-state index contributed by atoms with van der Waals surface area (Å²) in [7, 11) is -3.95. The van der Waals surface area contributed by atoms with E-state index in [0.717, 1.165) is 11.6 Å². The number of nitro groups is 1. The van der Waals surface area contributed by atoms with Crippen LogP contribution in [0.4, 0.5) is 16.2 Å². The highest BCUT2D eigenvalue weighted by Gasteiger charge is 2.37. The molecule has 31 heavy (non-hydrogen) atoms. The monoisotopic (exact) mass is 485 g/mol. The molecule has 0 aliphatic carbocycles. The zero-order valence-electron chi connectivity index (χ0n) is 16.0. The number of sulfonamides is 1. The van der Waals surface area contributed by atoms with Gasteiger partial charge in [0, 0.05) is 35.8 Å². The molecule has 0 atom stereocenters. The lowest BCUT2D eigenvalue weighted by molar-refractivity contribution is -0.384. The fraction of sp³-hybridized carbons (Fsp3) is 0.316. The molecule has 12 heteroatoms. The lowest BCUT2D eigenvalue weighted by Crippen LogP contribution is -2.50. The molecule has 2 aromatic carbocycles. The van der Waals surface area contributed by atoms with Crippen LogP contribution in [0.15, 0.2) is 41.3 Å². The molecule has 1 saturated heterocycles. The summed E-state index contributed by atoms with van der Waals surface area (Å²) in [5.41, 5.74) is 1.02. The molecule has 1 fully saturated rings. The summed E-state index contributed by atoms with van der Waals surface area (Å²) in [6, 6.07) is 8.35. The minimum atomic E-state index is -3.95. The summed E-state index contributed by atoms with van der Waals surface area (Å²) in [5.74, 6) is 0. The van der Waals surface area contributed by atoms with E-state index >= 15 is 0 Å². The SMILES string of the molecule is O=C1OCc2cc(Cl)ccc2N1C1CCN(S(=O)(=O)c2ccc(Cl)c([N+](=O)[O-])c2)CC1. The highest BCUT2D eigenvalue weighted by molar-refractivity contribution is 7.89. The van der Waals surface area contributed by atoms with E-state index in [1.54, 1.807) is 23.1 Å². The maximum Gasteiger partial charge on any atom is 0.414 e. The molecule has 9 nitrogen and oxygen atoms in total. The zero-order valence-corrected chi connectivity index (χ0v) is 18.4. The summed E-state index contributed by atoms with van der Waals surface area (Å²) < 4.78 is 32.5. The molecular formula is C19H17Cl2N3O6S. The van der Waals surface area contributed by atoms with E-state index in [-0.39, 0.29) is 35.7 Å². The molecule has 2 aliphatic rings. The predicted octanol–water partition coefficient (Wildman–Crippen LogP) is 4.21. The van der Waals surface area contributed by atoms with Crippen molar-refractivity contribution in [1.82, 2.24) is 4.31 Å². The van der Waals surface area contributed by atoms with Crippen LogP contribution in [0.2, 0.25) is 10.0 Å². The van der Waals surface area contributed by atoms with Crippen molar-refractivity contribution in [2.24, 2.45) is 0 Å². The van der Waals surface area contributed by atoms with E-state index in [1.807, 2.05) is 0 Å². The van der Waals surface area contributed by atoms with Crippen LogP contribution in [-0.2, 0) is 21.4 Å². The molecule has 1 amide bonds. The van der Waals surface area contributed by atoms with Crippen molar-refractivity contribution in [3.8, 4) is 0 Å². The van der Waals surface area contributed by atoms with Crippen molar-refractivity contribution in [2.45, 2.75) is 30.4 Å². The number of benzene rings is 2. The number of hydrogen-bond donors (Lipinski definition) is 0. The van der Waals surface area contributed by atoms with Crippen LogP contribution in [0.1, 0.15) is 18.4 Å². The molecule has 0 aromatic heterocycles. The number of ether oxygens (including phenoxy) is 1. The number of anilines is 1. The van der Waals surface area contributed by atoms with Gasteiger partial charge in [-0.1, -0.05) is 23.2 Å². The van der Waals surface area contributed by atoms with Gasteiger partial charge in [-0.05, 0) is 43.2 Å². The lowest BCUT2D eigenvalue weighted by Gasteiger charge is -2.39. The zero-order chi connectivity index (χ0) is 22.3. The second-order valence-corrected chi connectivity index (χ2v) is 9.98. The predicted molar refractivity (Wildman–Crippen MR) is 114 cm³/mol. The second-order valence-electron chi connectivity index (χ2n) is 7.20. The third kappa shape index (κ3) is 4.08. The molecule has 2 heterocycles. The van der Waals surface area contributed by atoms with Crippen LogP contribution in [0.3, 0.4) is 0 Å². The summed E-state index contributed by atoms with van der Waals surface area (Å²) in [4.78, 5) is 24.2. The highest BCUT2D eigenvalue weighted by atomic mass is 35.5. The minimum absolute atomic E-state index is 0.133. The van der Waals surface area contributed by atoms with Crippen LogP contribution < -0.4 is 4.90 Å². The number of hydrogen-bond acceptors (Lipinski definition) is 6. The standard InChI is InChI=1S/C19H17Cl2N3O6S/c20-13-1-4-17-12(9-13)11-30-19(25)23(17)14-5-7-22(8-6-14)31(28,29)15-2-3-16(21)18(10-15)24(26)27/h1-4,9-10,14H,5-8,11H2. The van der Waals surface area contributed by atoms with Gasteiger partial charge in [0.25, 0.3) is 5.69 Å². The van der Waals surface area contributed by atoms with Gasteiger partial charge in [0.2, 0.25) is 10.0 Å². The van der Waals surface area contributed by atoms with Gasteiger partial charge in [0.1, 0.15) is 11.6 Å². The maximum atomic E-state index is 13.0. The number of halogens is 2. The number of carbonyl (C=O) groups excluding carboxylic acids is 1. The first-order chi connectivity index (χ1) is 14.7. The number of rotatable bonds is 4. The van der Waals surface area contributed by atoms with E-state index in [0.29, 0.717) is 23.6 Å². The Morgan fingerprint density at radius 3 is 2.48 bits per heavy atom. The van der Waals surface area contributed by atoms with Crippen molar-refractivity contribution in [2.75, 3.05) is 18.0 Å². The Morgan fingerprint density at radius 1 is 1.10 bits per heavy atom.